The number of methoxy groups -OCH3 is 1. The summed E-state index contributed by atoms with van der Waals surface area (Å²) < 4.78 is 5.31. The summed E-state index contributed by atoms with van der Waals surface area (Å²) in [5.41, 5.74) is 3.40. The average molecular weight is 405 g/mol. The Bertz CT molecular complexity index is 1030. The molecule has 2 fully saturated rings. The Labute approximate surface area is 177 Å². The minimum absolute atomic E-state index is 0.0222. The van der Waals surface area contributed by atoms with E-state index in [-0.39, 0.29) is 17.4 Å². The van der Waals surface area contributed by atoms with Gasteiger partial charge in [0.1, 0.15) is 11.5 Å². The predicted molar refractivity (Wildman–Crippen MR) is 115 cm³/mol. The number of aliphatic hydroxyl groups excluding tert-OH is 1. The SMILES string of the molecule is COc1ccc(/C(O)=C2\C(=O)C(=O)N(C3CCCC3)C2c2ccccc2C)cc1C. The van der Waals surface area contributed by atoms with Crippen LogP contribution in [-0.4, -0.2) is 34.8 Å². The highest BCUT2D eigenvalue weighted by molar-refractivity contribution is 6.46. The van der Waals surface area contributed by atoms with Crippen molar-refractivity contribution >= 4 is 17.4 Å². The molecule has 1 heterocycles. The molecule has 1 aliphatic carbocycles. The third kappa shape index (κ3) is 3.28. The Morgan fingerprint density at radius 1 is 1.03 bits per heavy atom. The number of hydrogen-bond donors (Lipinski definition) is 1. The largest absolute Gasteiger partial charge is 0.507 e. The lowest BCUT2D eigenvalue weighted by Gasteiger charge is -2.31. The summed E-state index contributed by atoms with van der Waals surface area (Å²) in [4.78, 5) is 28.0. The number of benzene rings is 2. The van der Waals surface area contributed by atoms with Crippen LogP contribution in [0.1, 0.15) is 54.0 Å². The molecule has 5 nitrogen and oxygen atoms in total. The van der Waals surface area contributed by atoms with Crippen LogP contribution in [0.3, 0.4) is 0 Å². The molecule has 1 saturated heterocycles. The standard InChI is InChI=1S/C25H27NO4/c1-15-8-4-7-11-19(15)22-21(23(27)17-12-13-20(30-3)16(2)14-17)24(28)25(29)26(22)18-9-5-6-10-18/h4,7-8,11-14,18,22,27H,5-6,9-10H2,1-3H3/b23-21+. The average Bonchev–Trinajstić information content (AvgIpc) is 3.35. The van der Waals surface area contributed by atoms with Gasteiger partial charge < -0.3 is 14.7 Å². The van der Waals surface area contributed by atoms with Crippen LogP contribution in [0.4, 0.5) is 0 Å². The number of hydrogen-bond acceptors (Lipinski definition) is 4. The topological polar surface area (TPSA) is 66.8 Å². The van der Waals surface area contributed by atoms with Crippen LogP contribution in [0.25, 0.3) is 5.76 Å². The molecule has 2 aromatic rings. The molecule has 0 aromatic heterocycles. The van der Waals surface area contributed by atoms with Crippen molar-refractivity contribution in [2.24, 2.45) is 0 Å². The molecule has 1 unspecified atom stereocenters. The van der Waals surface area contributed by atoms with E-state index in [0.29, 0.717) is 11.3 Å². The Morgan fingerprint density at radius 3 is 2.37 bits per heavy atom. The van der Waals surface area contributed by atoms with Gasteiger partial charge in [0, 0.05) is 11.6 Å². The van der Waals surface area contributed by atoms with Crippen molar-refractivity contribution in [1.29, 1.82) is 0 Å². The van der Waals surface area contributed by atoms with Gasteiger partial charge in [-0.1, -0.05) is 37.1 Å². The number of aryl methyl sites for hydroxylation is 2. The number of nitrogens with zero attached hydrogens (tertiary/aromatic N) is 1. The molecule has 2 aliphatic rings. The summed E-state index contributed by atoms with van der Waals surface area (Å²) in [7, 11) is 1.59. The predicted octanol–water partition coefficient (Wildman–Crippen LogP) is 4.68. The molecule has 0 radical (unpaired) electrons. The first-order chi connectivity index (χ1) is 14.4. The van der Waals surface area contributed by atoms with Gasteiger partial charge in [0.25, 0.3) is 11.7 Å². The van der Waals surface area contributed by atoms with Crippen LogP contribution in [0, 0.1) is 13.8 Å². The van der Waals surface area contributed by atoms with Gasteiger partial charge in [0.05, 0.1) is 18.7 Å². The minimum atomic E-state index is -0.610. The second-order valence-corrected chi connectivity index (χ2v) is 8.19. The lowest BCUT2D eigenvalue weighted by Crippen LogP contribution is -2.37. The van der Waals surface area contributed by atoms with Crippen molar-refractivity contribution in [3.05, 3.63) is 70.3 Å². The maximum absolute atomic E-state index is 13.2. The monoisotopic (exact) mass is 405 g/mol. The number of ketones is 1. The van der Waals surface area contributed by atoms with Gasteiger partial charge in [-0.05, 0) is 61.6 Å². The third-order valence-electron chi connectivity index (χ3n) is 6.35. The van der Waals surface area contributed by atoms with Gasteiger partial charge in [0.2, 0.25) is 0 Å². The van der Waals surface area contributed by atoms with Gasteiger partial charge in [-0.2, -0.15) is 0 Å². The number of likely N-dealkylation sites (tertiary alicyclic amines) is 1. The van der Waals surface area contributed by atoms with Gasteiger partial charge in [-0.3, -0.25) is 9.59 Å². The number of Topliss-reactive ketones (excluding diaryl/α,β-unsaturated/α-hetero) is 1. The van der Waals surface area contributed by atoms with Crippen molar-refractivity contribution in [2.75, 3.05) is 7.11 Å². The second kappa shape index (κ2) is 7.98. The molecule has 156 valence electrons. The molecule has 5 heteroatoms. The van der Waals surface area contributed by atoms with E-state index in [1.54, 1.807) is 30.2 Å². The molecule has 1 atom stereocenters. The fraction of sp³-hybridized carbons (Fsp3) is 0.360. The van der Waals surface area contributed by atoms with E-state index >= 15 is 0 Å². The van der Waals surface area contributed by atoms with Gasteiger partial charge in [-0.15, -0.1) is 0 Å². The molecule has 0 bridgehead atoms. The van der Waals surface area contributed by atoms with E-state index in [2.05, 4.69) is 0 Å². The Hall–Kier alpha value is -3.08. The Morgan fingerprint density at radius 2 is 1.73 bits per heavy atom. The highest BCUT2D eigenvalue weighted by atomic mass is 16.5. The van der Waals surface area contributed by atoms with E-state index in [1.807, 2.05) is 38.1 Å². The molecule has 0 spiro atoms. The normalized spacial score (nSPS) is 21.4. The minimum Gasteiger partial charge on any atom is -0.507 e. The molecule has 1 saturated carbocycles. The van der Waals surface area contributed by atoms with Crippen LogP contribution in [0.5, 0.6) is 5.75 Å². The lowest BCUT2D eigenvalue weighted by molar-refractivity contribution is -0.141. The maximum atomic E-state index is 13.2. The zero-order valence-corrected chi connectivity index (χ0v) is 17.6. The van der Waals surface area contributed by atoms with Gasteiger partial charge in [0.15, 0.2) is 0 Å². The van der Waals surface area contributed by atoms with Crippen molar-refractivity contribution in [3.8, 4) is 5.75 Å². The fourth-order valence-electron chi connectivity index (χ4n) is 4.79. The van der Waals surface area contributed by atoms with E-state index < -0.39 is 17.7 Å². The second-order valence-electron chi connectivity index (χ2n) is 8.19. The molecule has 1 amide bonds. The first kappa shape index (κ1) is 20.2. The Balaban J connectivity index is 1.90. The fourth-order valence-corrected chi connectivity index (χ4v) is 4.79. The number of amides is 1. The molecular formula is C25H27NO4. The summed E-state index contributed by atoms with van der Waals surface area (Å²) in [6.07, 6.45) is 3.87. The van der Waals surface area contributed by atoms with Crippen LogP contribution in [0.15, 0.2) is 48.0 Å². The first-order valence-electron chi connectivity index (χ1n) is 10.4. The van der Waals surface area contributed by atoms with Crippen LogP contribution < -0.4 is 4.74 Å². The van der Waals surface area contributed by atoms with Gasteiger partial charge >= 0.3 is 0 Å². The number of carbonyl (C=O) groups excluding carboxylic acids is 2. The Kier molecular flexibility index (Phi) is 5.37. The van der Waals surface area contributed by atoms with E-state index in [9.17, 15) is 14.7 Å². The van der Waals surface area contributed by atoms with Crippen LogP contribution in [-0.2, 0) is 9.59 Å². The number of carbonyl (C=O) groups is 2. The highest BCUT2D eigenvalue weighted by Gasteiger charge is 2.49. The third-order valence-corrected chi connectivity index (χ3v) is 6.35. The summed E-state index contributed by atoms with van der Waals surface area (Å²) >= 11 is 0. The number of ether oxygens (including phenoxy) is 1. The van der Waals surface area contributed by atoms with E-state index in [4.69, 9.17) is 4.74 Å². The molecule has 30 heavy (non-hydrogen) atoms. The van der Waals surface area contributed by atoms with E-state index in [1.165, 1.54) is 0 Å². The van der Waals surface area contributed by atoms with Crippen LogP contribution >= 0.6 is 0 Å². The van der Waals surface area contributed by atoms with Crippen molar-refractivity contribution in [3.63, 3.8) is 0 Å². The summed E-state index contributed by atoms with van der Waals surface area (Å²) in [6.45, 7) is 3.85. The van der Waals surface area contributed by atoms with Crippen molar-refractivity contribution < 1.29 is 19.4 Å². The summed E-state index contributed by atoms with van der Waals surface area (Å²) in [5, 5.41) is 11.2. The maximum Gasteiger partial charge on any atom is 0.295 e. The molecule has 1 N–H and O–H groups in total. The first-order valence-corrected chi connectivity index (χ1v) is 10.4. The molecule has 2 aromatic carbocycles. The molecule has 4 rings (SSSR count). The van der Waals surface area contributed by atoms with Crippen molar-refractivity contribution in [2.45, 2.75) is 51.6 Å². The smallest absolute Gasteiger partial charge is 0.295 e. The van der Waals surface area contributed by atoms with Gasteiger partial charge in [-0.25, -0.2) is 0 Å². The number of aliphatic hydroxyl groups is 1. The van der Waals surface area contributed by atoms with E-state index in [0.717, 1.165) is 42.4 Å². The molecular weight excluding hydrogens is 378 g/mol. The van der Waals surface area contributed by atoms with Crippen molar-refractivity contribution in [1.82, 2.24) is 4.90 Å². The summed E-state index contributed by atoms with van der Waals surface area (Å²) in [5.74, 6) is -0.552. The zero-order chi connectivity index (χ0) is 21.4. The summed E-state index contributed by atoms with van der Waals surface area (Å²) in [6, 6.07) is 12.5. The highest BCUT2D eigenvalue weighted by Crippen LogP contribution is 2.44. The molecule has 1 aliphatic heterocycles. The number of rotatable bonds is 4. The zero-order valence-electron chi connectivity index (χ0n) is 17.6. The lowest BCUT2D eigenvalue weighted by atomic mass is 9.91. The van der Waals surface area contributed by atoms with Crippen LogP contribution in [0.2, 0.25) is 0 Å². The quantitative estimate of drug-likeness (QED) is 0.456.